The lowest BCUT2D eigenvalue weighted by molar-refractivity contribution is -0.305. The van der Waals surface area contributed by atoms with Crippen LogP contribution in [-0.2, 0) is 66.1 Å². The van der Waals surface area contributed by atoms with E-state index < -0.39 is 105 Å². The third-order valence-electron chi connectivity index (χ3n) is 17.2. The van der Waals surface area contributed by atoms with Gasteiger partial charge < -0.3 is 61.6 Å². The molecule has 0 aromatic rings. The van der Waals surface area contributed by atoms with Crippen molar-refractivity contribution in [2.75, 3.05) is 27.4 Å². The third kappa shape index (κ3) is 12.7. The van der Waals surface area contributed by atoms with E-state index in [4.69, 9.17) is 56.5 Å². The highest BCUT2D eigenvalue weighted by Crippen LogP contribution is 2.50. The minimum Gasteiger partial charge on any atom is -0.463 e. The molecule has 6 heterocycles. The van der Waals surface area contributed by atoms with Crippen LogP contribution in [0.3, 0.4) is 0 Å². The molecule has 19 atom stereocenters. The molecule has 74 heavy (non-hydrogen) atoms. The van der Waals surface area contributed by atoms with Crippen LogP contribution in [-0.4, -0.2) is 144 Å². The molecule has 0 unspecified atom stereocenters. The maximum absolute atomic E-state index is 14.9. The Labute approximate surface area is 442 Å². The van der Waals surface area contributed by atoms with Gasteiger partial charge in [-0.2, -0.15) is 0 Å². The number of allylic oxidation sites excluding steroid dienone is 2. The lowest BCUT2D eigenvalue weighted by Gasteiger charge is -2.49. The molecule has 1 aliphatic carbocycles. The van der Waals surface area contributed by atoms with E-state index in [-0.39, 0.29) is 48.2 Å². The molecule has 0 aromatic heterocycles. The van der Waals surface area contributed by atoms with Gasteiger partial charge in [0.15, 0.2) is 26.7 Å². The Bertz CT molecular complexity index is 2160. The van der Waals surface area contributed by atoms with Crippen LogP contribution in [0.4, 0.5) is 0 Å². The molecular formula is C58H90O15Si. The second kappa shape index (κ2) is 24.0. The van der Waals surface area contributed by atoms with Crippen LogP contribution in [0.1, 0.15) is 122 Å². The SMILES string of the molecule is CCOC(=O)/C=C1\[C@H](C)O[C@@H](O[C@H]2[C@H](C)O[C@@H](O[C@@H]3/C(C)=C/C[C@@H]4C[C@@H](C[C@]5(C=C[C@H](C)[C@@H]([C@@H](C)CC)O5)O4)OC(=O)[C@@H]4C=C(C)[C@@H](O[Si](C)(C)C(C)(C)C)[C@H]5OC/C(=C\C=C\[C@@H]3C)[C@]54O)C[C@@H]2OC)C[C@@H]1OC. The molecule has 1 N–H and O–H groups in total. The highest BCUT2D eigenvalue weighted by atomic mass is 28.4. The minimum atomic E-state index is -2.39. The molecule has 0 aromatic carbocycles. The second-order valence-corrected chi connectivity index (χ2v) is 28.4. The van der Waals surface area contributed by atoms with E-state index in [0.29, 0.717) is 43.3 Å². The van der Waals surface area contributed by atoms with Crippen molar-refractivity contribution in [1.29, 1.82) is 0 Å². The van der Waals surface area contributed by atoms with Gasteiger partial charge in [-0.1, -0.05) is 91.3 Å². The van der Waals surface area contributed by atoms with E-state index >= 15 is 0 Å². The van der Waals surface area contributed by atoms with Crippen molar-refractivity contribution >= 4 is 20.3 Å². The van der Waals surface area contributed by atoms with Gasteiger partial charge in [0.2, 0.25) is 0 Å². The molecule has 7 aliphatic rings. The van der Waals surface area contributed by atoms with Gasteiger partial charge in [-0.15, -0.1) is 0 Å². The first-order valence-corrected chi connectivity index (χ1v) is 30.3. The number of esters is 2. The maximum atomic E-state index is 14.9. The average molecular weight is 1060 g/mol. The van der Waals surface area contributed by atoms with Gasteiger partial charge in [0.05, 0.1) is 62.0 Å². The first-order chi connectivity index (χ1) is 34.9. The molecule has 6 aliphatic heterocycles. The highest BCUT2D eigenvalue weighted by molar-refractivity contribution is 6.74. The summed E-state index contributed by atoms with van der Waals surface area (Å²) in [4.78, 5) is 27.3. The number of fused-ring (bicyclic) bond motifs is 2. The number of carbonyl (C=O) groups is 2. The third-order valence-corrected chi connectivity index (χ3v) is 21.7. The molecule has 15 nitrogen and oxygen atoms in total. The van der Waals surface area contributed by atoms with Crippen molar-refractivity contribution in [2.45, 2.75) is 231 Å². The van der Waals surface area contributed by atoms with E-state index in [1.54, 1.807) is 21.1 Å². The van der Waals surface area contributed by atoms with Gasteiger partial charge in [0, 0.05) is 57.8 Å². The molecule has 4 saturated heterocycles. The fourth-order valence-corrected chi connectivity index (χ4v) is 12.9. The number of aliphatic hydroxyl groups is 1. The highest BCUT2D eigenvalue weighted by Gasteiger charge is 2.62. The summed E-state index contributed by atoms with van der Waals surface area (Å²) in [5.41, 5.74) is 1.31. The number of carbonyl (C=O) groups excluding carboxylic acids is 2. The number of hydrogen-bond acceptors (Lipinski definition) is 15. The lowest BCUT2D eigenvalue weighted by atomic mass is 9.71. The molecule has 16 heteroatoms. The van der Waals surface area contributed by atoms with Crippen LogP contribution in [0.2, 0.25) is 18.1 Å². The fraction of sp³-hybridized carbons (Fsp3) is 0.759. The smallest absolute Gasteiger partial charge is 0.330 e. The van der Waals surface area contributed by atoms with Crippen molar-refractivity contribution in [1.82, 2.24) is 0 Å². The van der Waals surface area contributed by atoms with Crippen LogP contribution in [0.15, 0.2) is 70.9 Å². The van der Waals surface area contributed by atoms with E-state index in [1.807, 2.05) is 45.1 Å². The van der Waals surface area contributed by atoms with Gasteiger partial charge in [-0.05, 0) is 93.5 Å². The molecular weight excluding hydrogens is 965 g/mol. The van der Waals surface area contributed by atoms with Crippen molar-refractivity contribution in [3.63, 3.8) is 0 Å². The zero-order valence-corrected chi connectivity index (χ0v) is 48.3. The molecule has 0 radical (unpaired) electrons. The number of rotatable bonds is 12. The first kappa shape index (κ1) is 58.8. The lowest BCUT2D eigenvalue weighted by Crippen LogP contribution is -2.60. The predicted octanol–water partition coefficient (Wildman–Crippen LogP) is 9.54. The summed E-state index contributed by atoms with van der Waals surface area (Å²) in [6.45, 7) is 29.6. The standard InChI is InChI=1S/C58H90O15Si/c1-17-33(3)51-36(6)24-25-57(72-51)31-42-27-41(71-57)23-22-35(5)50(69-49-30-46(63-14)53(39(9)67-49)70-48-29-45(62-13)43(38(8)66-48)28-47(59)64-18-2)34(4)20-19-21-40-32-65-54-52(73-74(15,16)56(10,11)12)37(7)26-44(55(60)68-42)58(40,54)61/h19-22,24-26,28,33-34,36,38-39,41-42,44-46,48-54,61H,17-18,23,27,29-32H2,1-16H3/b20-19+,35-22+,40-21+,43-28+/t33-,34-,36-,38-,39-,41+,42-,44-,45-,46-,48-,49-,50-,51+,52+,53-,54+,57+,58+/m0/s1. The van der Waals surface area contributed by atoms with Crippen molar-refractivity contribution < 1.29 is 71.2 Å². The van der Waals surface area contributed by atoms with E-state index in [1.165, 1.54) is 6.08 Å². The van der Waals surface area contributed by atoms with Gasteiger partial charge in [-0.25, -0.2) is 4.79 Å². The van der Waals surface area contributed by atoms with Crippen molar-refractivity contribution in [2.24, 2.45) is 23.7 Å². The van der Waals surface area contributed by atoms with E-state index in [0.717, 1.165) is 17.6 Å². The van der Waals surface area contributed by atoms with Crippen molar-refractivity contribution in [3.05, 3.63) is 70.9 Å². The summed E-state index contributed by atoms with van der Waals surface area (Å²) in [6.07, 6.45) is 11.9. The predicted molar refractivity (Wildman–Crippen MR) is 282 cm³/mol. The van der Waals surface area contributed by atoms with Gasteiger partial charge in [-0.3, -0.25) is 4.79 Å². The van der Waals surface area contributed by atoms with Crippen LogP contribution >= 0.6 is 0 Å². The second-order valence-electron chi connectivity index (χ2n) is 23.6. The zero-order valence-electron chi connectivity index (χ0n) is 47.3. The normalized spacial score (nSPS) is 43.1. The summed E-state index contributed by atoms with van der Waals surface area (Å²) in [5, 5.41) is 13.1. The molecule has 0 saturated carbocycles. The summed E-state index contributed by atoms with van der Waals surface area (Å²) in [7, 11) is 0.878. The summed E-state index contributed by atoms with van der Waals surface area (Å²) < 4.78 is 78.0. The summed E-state index contributed by atoms with van der Waals surface area (Å²) in [6, 6.07) is 0. The van der Waals surface area contributed by atoms with E-state index in [9.17, 15) is 14.7 Å². The quantitative estimate of drug-likeness (QED) is 0.0850. The van der Waals surface area contributed by atoms with E-state index in [2.05, 4.69) is 86.7 Å². The van der Waals surface area contributed by atoms with Gasteiger partial charge >= 0.3 is 11.9 Å². The Balaban J connectivity index is 1.19. The Hall–Kier alpha value is -2.84. The van der Waals surface area contributed by atoms with Crippen LogP contribution < -0.4 is 0 Å². The zero-order chi connectivity index (χ0) is 54.1. The molecule has 2 bridgehead atoms. The number of methoxy groups -OCH3 is 2. The Morgan fingerprint density at radius 3 is 2.34 bits per heavy atom. The van der Waals surface area contributed by atoms with Crippen LogP contribution in [0.5, 0.6) is 0 Å². The molecule has 1 spiro atoms. The summed E-state index contributed by atoms with van der Waals surface area (Å²) >= 11 is 0. The van der Waals surface area contributed by atoms with Gasteiger partial charge in [0.25, 0.3) is 0 Å². The number of hydrogen-bond donors (Lipinski definition) is 1. The van der Waals surface area contributed by atoms with Gasteiger partial charge in [0.1, 0.15) is 29.8 Å². The molecule has 0 amide bonds. The Kier molecular flexibility index (Phi) is 19.1. The Morgan fingerprint density at radius 1 is 0.932 bits per heavy atom. The minimum absolute atomic E-state index is 0.0973. The monoisotopic (exact) mass is 1050 g/mol. The Morgan fingerprint density at radius 2 is 1.66 bits per heavy atom. The number of ether oxygens (including phenoxy) is 11. The largest absolute Gasteiger partial charge is 0.463 e. The van der Waals surface area contributed by atoms with Crippen molar-refractivity contribution in [3.8, 4) is 0 Å². The first-order valence-electron chi connectivity index (χ1n) is 27.4. The summed E-state index contributed by atoms with van der Waals surface area (Å²) in [5.74, 6) is -2.91. The fourth-order valence-electron chi connectivity index (χ4n) is 11.6. The van der Waals surface area contributed by atoms with Crippen LogP contribution in [0.25, 0.3) is 0 Å². The van der Waals surface area contributed by atoms with Crippen LogP contribution in [0, 0.1) is 23.7 Å². The molecule has 4 fully saturated rings. The molecule has 7 rings (SSSR count). The topological polar surface area (TPSA) is 165 Å². The average Bonchev–Trinajstić information content (AvgIpc) is 3.67. The molecule has 416 valence electrons. The maximum Gasteiger partial charge on any atom is 0.330 e.